The van der Waals surface area contributed by atoms with Gasteiger partial charge in [0, 0.05) is 11.6 Å². The second-order valence-corrected chi connectivity index (χ2v) is 7.67. The van der Waals surface area contributed by atoms with Gasteiger partial charge in [0.05, 0.1) is 11.7 Å². The molecule has 0 radical (unpaired) electrons. The number of amides is 1. The average Bonchev–Trinajstić information content (AvgIpc) is 2.67. The summed E-state index contributed by atoms with van der Waals surface area (Å²) in [5.41, 5.74) is 1.21. The molecule has 0 saturated carbocycles. The fourth-order valence-electron chi connectivity index (χ4n) is 3.35. The van der Waals surface area contributed by atoms with Crippen molar-refractivity contribution in [2.75, 3.05) is 17.7 Å². The van der Waals surface area contributed by atoms with Crippen LogP contribution in [-0.2, 0) is 11.2 Å². The number of aliphatic hydroxyl groups excluding tert-OH is 1. The maximum atomic E-state index is 11.6. The average molecular weight is 405 g/mol. The Morgan fingerprint density at radius 1 is 1.25 bits per heavy atom. The molecule has 0 unspecified atom stereocenters. The highest BCUT2D eigenvalue weighted by Gasteiger charge is 2.43. The number of aliphatic hydroxyl groups is 1. The van der Waals surface area contributed by atoms with Gasteiger partial charge in [-0.15, -0.1) is 11.6 Å². The summed E-state index contributed by atoms with van der Waals surface area (Å²) in [6, 6.07) is 12.7. The van der Waals surface area contributed by atoms with E-state index in [4.69, 9.17) is 16.3 Å². The van der Waals surface area contributed by atoms with Crippen molar-refractivity contribution in [1.29, 1.82) is 0 Å². The summed E-state index contributed by atoms with van der Waals surface area (Å²) in [4.78, 5) is 11.6. The van der Waals surface area contributed by atoms with Crippen LogP contribution in [0.1, 0.15) is 31.0 Å². The Morgan fingerprint density at radius 3 is 2.64 bits per heavy atom. The highest BCUT2D eigenvalue weighted by Crippen LogP contribution is 2.44. The lowest BCUT2D eigenvalue weighted by molar-refractivity contribution is -0.113. The van der Waals surface area contributed by atoms with E-state index in [2.05, 4.69) is 22.8 Å². The molecule has 1 amide bonds. The van der Waals surface area contributed by atoms with Gasteiger partial charge in [-0.25, -0.2) is 0 Å². The number of ether oxygens (including phenoxy) is 1. The number of fused-ring (bicyclic) bond motifs is 1. The van der Waals surface area contributed by atoms with Crippen LogP contribution >= 0.6 is 11.6 Å². The zero-order chi connectivity index (χ0) is 20.3. The molecule has 1 aliphatic heterocycles. The number of nitrogens with one attached hydrogen (secondary N) is 2. The highest BCUT2D eigenvalue weighted by molar-refractivity contribution is 6.29. The number of carbonyl (C=O) groups is 1. The molecular formula is C21H25ClN2O4. The number of halogens is 1. The van der Waals surface area contributed by atoms with Crippen LogP contribution in [0.2, 0.25) is 0 Å². The second-order valence-electron chi connectivity index (χ2n) is 7.41. The monoisotopic (exact) mass is 404 g/mol. The number of hydrogen-bond acceptors (Lipinski definition) is 5. The Kier molecular flexibility index (Phi) is 6.13. The van der Waals surface area contributed by atoms with Gasteiger partial charge >= 0.3 is 0 Å². The third kappa shape index (κ3) is 4.41. The summed E-state index contributed by atoms with van der Waals surface area (Å²) in [5, 5.41) is 27.1. The SMILES string of the molecule is CC1(C)Oc2cc(NC(=O)CCl)c(O)cc2[C@H](NCCc2ccccc2)[C@H]1O. The number of rotatable bonds is 6. The first-order valence-electron chi connectivity index (χ1n) is 9.19. The molecule has 0 saturated heterocycles. The number of hydrogen-bond donors (Lipinski definition) is 4. The lowest BCUT2D eigenvalue weighted by Crippen LogP contribution is -2.52. The summed E-state index contributed by atoms with van der Waals surface area (Å²) in [7, 11) is 0. The Balaban J connectivity index is 1.84. The van der Waals surface area contributed by atoms with Gasteiger partial charge in [-0.2, -0.15) is 0 Å². The van der Waals surface area contributed by atoms with Crippen molar-refractivity contribution in [1.82, 2.24) is 5.32 Å². The van der Waals surface area contributed by atoms with Gasteiger partial charge in [0.1, 0.15) is 29.1 Å². The van der Waals surface area contributed by atoms with E-state index in [0.29, 0.717) is 17.9 Å². The van der Waals surface area contributed by atoms with Crippen molar-refractivity contribution in [3.8, 4) is 11.5 Å². The molecule has 2 aromatic carbocycles. The van der Waals surface area contributed by atoms with E-state index < -0.39 is 23.7 Å². The number of aromatic hydroxyl groups is 1. The minimum atomic E-state index is -0.845. The molecule has 0 aliphatic carbocycles. The highest BCUT2D eigenvalue weighted by atomic mass is 35.5. The standard InChI is InChI=1S/C21H25ClN2O4/c1-21(2)20(27)19(23-9-8-13-6-4-3-5-7-13)14-10-16(25)15(11-17(14)28-21)24-18(26)12-22/h3-7,10-11,19-20,23,25,27H,8-9,12H2,1-2H3,(H,24,26)/t19-,20+/m0/s1. The number of anilines is 1. The van der Waals surface area contributed by atoms with E-state index in [-0.39, 0.29) is 17.3 Å². The smallest absolute Gasteiger partial charge is 0.239 e. The van der Waals surface area contributed by atoms with E-state index in [0.717, 1.165) is 6.42 Å². The number of carbonyl (C=O) groups excluding carboxylic acids is 1. The predicted molar refractivity (Wildman–Crippen MR) is 109 cm³/mol. The lowest BCUT2D eigenvalue weighted by Gasteiger charge is -2.42. The zero-order valence-electron chi connectivity index (χ0n) is 15.9. The summed E-state index contributed by atoms with van der Waals surface area (Å²) in [6.45, 7) is 4.25. The van der Waals surface area contributed by atoms with Crippen molar-refractivity contribution in [2.45, 2.75) is 38.0 Å². The van der Waals surface area contributed by atoms with Crippen LogP contribution < -0.4 is 15.4 Å². The van der Waals surface area contributed by atoms with Crippen molar-refractivity contribution in [3.63, 3.8) is 0 Å². The third-order valence-corrected chi connectivity index (χ3v) is 5.12. The normalized spacial score (nSPS) is 20.1. The first kappa shape index (κ1) is 20.5. The lowest BCUT2D eigenvalue weighted by atomic mass is 9.86. The maximum absolute atomic E-state index is 11.6. The van der Waals surface area contributed by atoms with Crippen molar-refractivity contribution in [2.24, 2.45) is 0 Å². The molecule has 0 aromatic heterocycles. The number of phenolic OH excluding ortho intramolecular Hbond substituents is 1. The molecule has 7 heteroatoms. The minimum Gasteiger partial charge on any atom is -0.506 e. The van der Waals surface area contributed by atoms with Crippen molar-refractivity contribution >= 4 is 23.2 Å². The molecule has 1 heterocycles. The molecule has 0 fully saturated rings. The van der Waals surface area contributed by atoms with E-state index in [9.17, 15) is 15.0 Å². The van der Waals surface area contributed by atoms with Gasteiger partial charge in [-0.1, -0.05) is 30.3 Å². The predicted octanol–water partition coefficient (Wildman–Crippen LogP) is 2.97. The van der Waals surface area contributed by atoms with Crippen LogP contribution in [0, 0.1) is 0 Å². The van der Waals surface area contributed by atoms with Crippen molar-refractivity contribution in [3.05, 3.63) is 53.6 Å². The van der Waals surface area contributed by atoms with Gasteiger partial charge in [0.25, 0.3) is 0 Å². The first-order valence-corrected chi connectivity index (χ1v) is 9.72. The van der Waals surface area contributed by atoms with E-state index in [1.165, 1.54) is 11.6 Å². The Bertz CT molecular complexity index is 842. The number of alkyl halides is 1. The molecule has 0 bridgehead atoms. The van der Waals surface area contributed by atoms with Crippen LogP contribution in [0.3, 0.4) is 0 Å². The van der Waals surface area contributed by atoms with Crippen LogP contribution in [0.4, 0.5) is 5.69 Å². The molecule has 3 rings (SSSR count). The molecular weight excluding hydrogens is 380 g/mol. The molecule has 2 atom stereocenters. The topological polar surface area (TPSA) is 90.8 Å². The van der Waals surface area contributed by atoms with Crippen molar-refractivity contribution < 1.29 is 19.7 Å². The molecule has 0 spiro atoms. The molecule has 1 aliphatic rings. The molecule has 150 valence electrons. The molecule has 28 heavy (non-hydrogen) atoms. The Morgan fingerprint density at radius 2 is 1.96 bits per heavy atom. The van der Waals surface area contributed by atoms with Gasteiger partial charge in [-0.3, -0.25) is 4.79 Å². The molecule has 4 N–H and O–H groups in total. The summed E-state index contributed by atoms with van der Waals surface area (Å²) in [6.07, 6.45) is -0.0188. The summed E-state index contributed by atoms with van der Waals surface area (Å²) in [5.74, 6) is -0.257. The first-order chi connectivity index (χ1) is 13.3. The fourth-order valence-corrected chi connectivity index (χ4v) is 3.42. The Labute approximate surface area is 169 Å². The van der Waals surface area contributed by atoms with E-state index in [1.54, 1.807) is 19.9 Å². The van der Waals surface area contributed by atoms with E-state index in [1.807, 2.05) is 18.2 Å². The van der Waals surface area contributed by atoms with Crippen LogP contribution in [-0.4, -0.2) is 40.3 Å². The van der Waals surface area contributed by atoms with Crippen LogP contribution in [0.5, 0.6) is 11.5 Å². The number of benzene rings is 2. The quantitative estimate of drug-likeness (QED) is 0.439. The minimum absolute atomic E-state index is 0.109. The van der Waals surface area contributed by atoms with Crippen LogP contribution in [0.15, 0.2) is 42.5 Å². The van der Waals surface area contributed by atoms with Crippen LogP contribution in [0.25, 0.3) is 0 Å². The molecule has 2 aromatic rings. The fraction of sp³-hybridized carbons (Fsp3) is 0.381. The largest absolute Gasteiger partial charge is 0.506 e. The molecule has 6 nitrogen and oxygen atoms in total. The van der Waals surface area contributed by atoms with Gasteiger partial charge in [-0.05, 0) is 38.4 Å². The Hall–Kier alpha value is -2.28. The zero-order valence-corrected chi connectivity index (χ0v) is 16.7. The summed E-state index contributed by atoms with van der Waals surface area (Å²) < 4.78 is 5.95. The van der Waals surface area contributed by atoms with Gasteiger partial charge < -0.3 is 25.6 Å². The maximum Gasteiger partial charge on any atom is 0.239 e. The second kappa shape index (κ2) is 8.39. The van der Waals surface area contributed by atoms with Gasteiger partial charge in [0.15, 0.2) is 0 Å². The van der Waals surface area contributed by atoms with Gasteiger partial charge in [0.2, 0.25) is 5.91 Å². The third-order valence-electron chi connectivity index (χ3n) is 4.88. The van der Waals surface area contributed by atoms with E-state index >= 15 is 0 Å². The summed E-state index contributed by atoms with van der Waals surface area (Å²) >= 11 is 5.52. The number of phenols is 1.